The van der Waals surface area contributed by atoms with E-state index in [1.165, 1.54) is 18.3 Å². The van der Waals surface area contributed by atoms with Gasteiger partial charge in [0.1, 0.15) is 5.65 Å². The minimum atomic E-state index is -2.90. The molecule has 5 nitrogen and oxygen atoms in total. The number of pyridine rings is 1. The molecule has 0 radical (unpaired) electrons. The van der Waals surface area contributed by atoms with Gasteiger partial charge in [-0.1, -0.05) is 24.3 Å². The van der Waals surface area contributed by atoms with Gasteiger partial charge in [0.05, 0.1) is 16.5 Å². The second kappa shape index (κ2) is 4.87. The summed E-state index contributed by atoms with van der Waals surface area (Å²) < 4.78 is 26.4. The van der Waals surface area contributed by atoms with Crippen LogP contribution in [0.5, 0.6) is 0 Å². The van der Waals surface area contributed by atoms with Crippen molar-refractivity contribution < 1.29 is 13.7 Å². The molecule has 2 heterocycles. The van der Waals surface area contributed by atoms with Crippen LogP contribution in [0.2, 0.25) is 0 Å². The highest BCUT2D eigenvalue weighted by Crippen LogP contribution is 2.31. The third-order valence-electron chi connectivity index (χ3n) is 3.43. The molecule has 0 bridgehead atoms. The van der Waals surface area contributed by atoms with E-state index < -0.39 is 10.8 Å². The lowest BCUT2D eigenvalue weighted by Gasteiger charge is -2.11. The van der Waals surface area contributed by atoms with E-state index in [2.05, 4.69) is 9.97 Å². The van der Waals surface area contributed by atoms with Gasteiger partial charge in [0.15, 0.2) is 0 Å². The quantitative estimate of drug-likeness (QED) is 0.580. The van der Waals surface area contributed by atoms with E-state index in [1.54, 1.807) is 24.4 Å². The van der Waals surface area contributed by atoms with Gasteiger partial charge >= 0.3 is 0 Å². The van der Waals surface area contributed by atoms with Gasteiger partial charge in [0, 0.05) is 24.2 Å². The number of aromatic nitrogens is 2. The lowest BCUT2D eigenvalue weighted by Crippen LogP contribution is -2.06. The van der Waals surface area contributed by atoms with Crippen LogP contribution in [0, 0.1) is 10.1 Å². The number of hydrogen-bond donors (Lipinski definition) is 1. The molecule has 0 aliphatic carbocycles. The van der Waals surface area contributed by atoms with Crippen LogP contribution in [-0.4, -0.2) is 14.9 Å². The number of fused-ring (bicyclic) bond motifs is 1. The number of halogens is 2. The molecule has 1 aromatic carbocycles. The molecule has 0 saturated carbocycles. The number of aromatic amines is 1. The molecule has 0 amide bonds. The fourth-order valence-electron chi connectivity index (χ4n) is 2.25. The van der Waals surface area contributed by atoms with Crippen molar-refractivity contribution in [2.75, 3.05) is 0 Å². The van der Waals surface area contributed by atoms with Gasteiger partial charge in [0.2, 0.25) is 0 Å². The van der Waals surface area contributed by atoms with Crippen LogP contribution in [0.3, 0.4) is 0 Å². The second-order valence-electron chi connectivity index (χ2n) is 5.02. The monoisotopic (exact) mass is 303 g/mol. The lowest BCUT2D eigenvalue weighted by molar-refractivity contribution is -0.383. The molecule has 1 N–H and O–H groups in total. The Kier molecular flexibility index (Phi) is 3.13. The van der Waals surface area contributed by atoms with Crippen molar-refractivity contribution >= 4 is 16.7 Å². The fraction of sp³-hybridized carbons (Fsp3) is 0.133. The number of nitro groups is 1. The molecule has 3 rings (SSSR count). The molecule has 2 aromatic heterocycles. The summed E-state index contributed by atoms with van der Waals surface area (Å²) in [6, 6.07) is 7.40. The molecule has 7 heteroatoms. The van der Waals surface area contributed by atoms with Gasteiger partial charge in [-0.3, -0.25) is 10.1 Å². The van der Waals surface area contributed by atoms with Gasteiger partial charge < -0.3 is 4.98 Å². The van der Waals surface area contributed by atoms with Gasteiger partial charge in [-0.2, -0.15) is 0 Å². The van der Waals surface area contributed by atoms with Crippen molar-refractivity contribution in [3.63, 3.8) is 0 Å². The summed E-state index contributed by atoms with van der Waals surface area (Å²) in [5.74, 6) is -2.90. The molecule has 112 valence electrons. The van der Waals surface area contributed by atoms with Gasteiger partial charge in [-0.05, 0) is 11.6 Å². The molecule has 0 aliphatic rings. The third kappa shape index (κ3) is 2.41. The van der Waals surface area contributed by atoms with Crippen LogP contribution in [-0.2, 0) is 5.92 Å². The smallest absolute Gasteiger partial charge is 0.296 e. The molecule has 0 saturated heterocycles. The molecule has 3 aromatic rings. The average molecular weight is 303 g/mol. The zero-order chi connectivity index (χ0) is 15.9. The topological polar surface area (TPSA) is 71.8 Å². The van der Waals surface area contributed by atoms with Gasteiger partial charge in [0.25, 0.3) is 11.6 Å². The van der Waals surface area contributed by atoms with Crippen molar-refractivity contribution in [3.05, 3.63) is 58.4 Å². The van der Waals surface area contributed by atoms with E-state index in [0.717, 1.165) is 6.92 Å². The Bertz CT molecular complexity index is 851. The van der Waals surface area contributed by atoms with Crippen LogP contribution < -0.4 is 0 Å². The lowest BCUT2D eigenvalue weighted by atomic mass is 10.0. The summed E-state index contributed by atoms with van der Waals surface area (Å²) in [7, 11) is 0. The van der Waals surface area contributed by atoms with E-state index in [1.807, 2.05) is 0 Å². The zero-order valence-electron chi connectivity index (χ0n) is 11.5. The minimum absolute atomic E-state index is 0.0685. The van der Waals surface area contributed by atoms with Crippen molar-refractivity contribution in [1.29, 1.82) is 0 Å². The highest BCUT2D eigenvalue weighted by Gasteiger charge is 2.23. The van der Waals surface area contributed by atoms with E-state index in [0.29, 0.717) is 22.2 Å². The first-order valence-electron chi connectivity index (χ1n) is 6.46. The molecule has 0 spiro atoms. The summed E-state index contributed by atoms with van der Waals surface area (Å²) in [5.41, 5.74) is 1.55. The second-order valence-corrected chi connectivity index (χ2v) is 5.02. The number of H-pyrrole nitrogens is 1. The molecule has 0 atom stereocenters. The van der Waals surface area contributed by atoms with Crippen LogP contribution >= 0.6 is 0 Å². The Morgan fingerprint density at radius 1 is 1.23 bits per heavy atom. The highest BCUT2D eigenvalue weighted by atomic mass is 19.3. The molecular weight excluding hydrogens is 292 g/mol. The first-order chi connectivity index (χ1) is 10.4. The van der Waals surface area contributed by atoms with Crippen LogP contribution in [0.4, 0.5) is 14.5 Å². The van der Waals surface area contributed by atoms with Gasteiger partial charge in [-0.15, -0.1) is 0 Å². The summed E-state index contributed by atoms with van der Waals surface area (Å²) in [6.45, 7) is 0.832. The first kappa shape index (κ1) is 14.1. The molecule has 0 aliphatic heterocycles. The summed E-state index contributed by atoms with van der Waals surface area (Å²) in [5, 5.41) is 11.3. The Morgan fingerprint density at radius 3 is 2.50 bits per heavy atom. The maximum absolute atomic E-state index is 13.2. The number of alkyl halides is 2. The van der Waals surface area contributed by atoms with E-state index in [-0.39, 0.29) is 11.3 Å². The van der Waals surface area contributed by atoms with Crippen molar-refractivity contribution in [2.24, 2.45) is 0 Å². The molecule has 22 heavy (non-hydrogen) atoms. The molecule has 0 fully saturated rings. The summed E-state index contributed by atoms with van der Waals surface area (Å²) >= 11 is 0. The van der Waals surface area contributed by atoms with Crippen LogP contribution in [0.15, 0.2) is 42.7 Å². The average Bonchev–Trinajstić information content (AvgIpc) is 2.89. The molecule has 0 unspecified atom stereocenters. The SMILES string of the molecule is CC(F)(F)c1ccc(-c2cnc3[nH]cc([N+](=O)[O-])c3c2)cc1. The van der Waals surface area contributed by atoms with E-state index in [4.69, 9.17) is 0 Å². The predicted molar refractivity (Wildman–Crippen MR) is 77.8 cm³/mol. The normalized spacial score (nSPS) is 11.8. The molecular formula is C15H11F2N3O2. The van der Waals surface area contributed by atoms with E-state index in [9.17, 15) is 18.9 Å². The Labute approximate surface area is 123 Å². The Morgan fingerprint density at radius 2 is 1.91 bits per heavy atom. The van der Waals surface area contributed by atoms with Gasteiger partial charge in [-0.25, -0.2) is 13.8 Å². The van der Waals surface area contributed by atoms with Crippen molar-refractivity contribution in [1.82, 2.24) is 9.97 Å². The Balaban J connectivity index is 2.06. The number of benzene rings is 1. The predicted octanol–water partition coefficient (Wildman–Crippen LogP) is 4.25. The maximum Gasteiger partial charge on any atom is 0.296 e. The summed E-state index contributed by atoms with van der Waals surface area (Å²) in [6.07, 6.45) is 2.82. The first-order valence-corrected chi connectivity index (χ1v) is 6.46. The summed E-state index contributed by atoms with van der Waals surface area (Å²) in [4.78, 5) is 17.3. The van der Waals surface area contributed by atoms with Crippen LogP contribution in [0.1, 0.15) is 12.5 Å². The fourth-order valence-corrected chi connectivity index (χ4v) is 2.25. The van der Waals surface area contributed by atoms with Crippen molar-refractivity contribution in [2.45, 2.75) is 12.8 Å². The number of nitrogens with one attached hydrogen (secondary N) is 1. The highest BCUT2D eigenvalue weighted by molar-refractivity contribution is 5.89. The number of rotatable bonds is 3. The number of hydrogen-bond acceptors (Lipinski definition) is 3. The largest absolute Gasteiger partial charge is 0.340 e. The third-order valence-corrected chi connectivity index (χ3v) is 3.43. The van der Waals surface area contributed by atoms with E-state index >= 15 is 0 Å². The Hall–Kier alpha value is -2.83. The standard InChI is InChI=1S/C15H11F2N3O2/c1-15(16,17)11-4-2-9(3-5-11)10-6-12-13(20(21)22)8-19-14(12)18-7-10/h2-8H,1H3,(H,18,19). The zero-order valence-corrected chi connectivity index (χ0v) is 11.5. The van der Waals surface area contributed by atoms with Crippen molar-refractivity contribution in [3.8, 4) is 11.1 Å². The number of nitrogens with zero attached hydrogens (tertiary/aromatic N) is 2. The maximum atomic E-state index is 13.2. The van der Waals surface area contributed by atoms with Crippen LogP contribution in [0.25, 0.3) is 22.2 Å². The minimum Gasteiger partial charge on any atom is -0.340 e.